The van der Waals surface area contributed by atoms with Crippen LogP contribution < -0.4 is 0 Å². The molecule has 0 saturated carbocycles. The average Bonchev–Trinajstić information content (AvgIpc) is 2.99. The van der Waals surface area contributed by atoms with E-state index in [1.54, 1.807) is 17.9 Å². The van der Waals surface area contributed by atoms with Crippen molar-refractivity contribution in [3.05, 3.63) is 52.9 Å². The fraction of sp³-hybridized carbons (Fsp3) is 0.444. The summed E-state index contributed by atoms with van der Waals surface area (Å²) in [4.78, 5) is 13.9. The van der Waals surface area contributed by atoms with Crippen LogP contribution in [0, 0.1) is 6.92 Å². The number of benzene rings is 1. The summed E-state index contributed by atoms with van der Waals surface area (Å²) in [6, 6.07) is 6.42. The van der Waals surface area contributed by atoms with Gasteiger partial charge in [-0.2, -0.15) is 13.2 Å². The van der Waals surface area contributed by atoms with Crippen molar-refractivity contribution >= 4 is 5.91 Å². The molecule has 0 atom stereocenters. The molecule has 5 nitrogen and oxygen atoms in total. The summed E-state index contributed by atoms with van der Waals surface area (Å²) in [6.45, 7) is 2.28. The monoisotopic (exact) mass is 368 g/mol. The molecular formula is C18H19F3N2O3. The van der Waals surface area contributed by atoms with Crippen LogP contribution in [0.15, 0.2) is 34.9 Å². The maximum atomic E-state index is 12.9. The Morgan fingerprint density at radius 3 is 2.58 bits per heavy atom. The number of nitrogens with zero attached hydrogens (tertiary/aromatic N) is 2. The minimum absolute atomic E-state index is 0.0722. The first-order valence-corrected chi connectivity index (χ1v) is 8.27. The zero-order valence-corrected chi connectivity index (χ0v) is 14.2. The van der Waals surface area contributed by atoms with E-state index in [0.29, 0.717) is 11.5 Å². The molecule has 0 aliphatic carbocycles. The van der Waals surface area contributed by atoms with E-state index in [1.165, 1.54) is 12.1 Å². The molecule has 1 aliphatic heterocycles. The van der Waals surface area contributed by atoms with Gasteiger partial charge in [-0.15, -0.1) is 0 Å². The molecule has 0 radical (unpaired) electrons. The number of hydrogen-bond donors (Lipinski definition) is 1. The highest BCUT2D eigenvalue weighted by Crippen LogP contribution is 2.36. The van der Waals surface area contributed by atoms with Crippen LogP contribution in [-0.2, 0) is 23.0 Å². The van der Waals surface area contributed by atoms with Crippen molar-refractivity contribution in [2.45, 2.75) is 38.0 Å². The van der Waals surface area contributed by atoms with Gasteiger partial charge in [0, 0.05) is 19.2 Å². The van der Waals surface area contributed by atoms with E-state index in [-0.39, 0.29) is 43.8 Å². The molecule has 1 aliphatic rings. The molecule has 0 spiro atoms. The highest BCUT2D eigenvalue weighted by molar-refractivity contribution is 5.78. The molecule has 0 unspecified atom stereocenters. The average molecular weight is 368 g/mol. The fourth-order valence-electron chi connectivity index (χ4n) is 3.16. The maximum absolute atomic E-state index is 12.9. The number of aliphatic hydroxyl groups is 1. The van der Waals surface area contributed by atoms with Crippen LogP contribution in [-0.4, -0.2) is 34.2 Å². The Bertz CT molecular complexity index is 793. The quantitative estimate of drug-likeness (QED) is 0.904. The van der Waals surface area contributed by atoms with E-state index in [9.17, 15) is 23.1 Å². The van der Waals surface area contributed by atoms with Gasteiger partial charge >= 0.3 is 6.18 Å². The zero-order valence-electron chi connectivity index (χ0n) is 14.2. The van der Waals surface area contributed by atoms with Gasteiger partial charge in [-0.3, -0.25) is 4.79 Å². The van der Waals surface area contributed by atoms with Gasteiger partial charge in [0.25, 0.3) is 0 Å². The van der Waals surface area contributed by atoms with E-state index in [2.05, 4.69) is 5.16 Å². The summed E-state index contributed by atoms with van der Waals surface area (Å²) < 4.78 is 43.7. The lowest BCUT2D eigenvalue weighted by Gasteiger charge is -2.38. The minimum atomic E-state index is -4.46. The van der Waals surface area contributed by atoms with Gasteiger partial charge in [-0.05, 0) is 37.5 Å². The molecule has 1 saturated heterocycles. The number of halogens is 3. The van der Waals surface area contributed by atoms with Gasteiger partial charge in [-0.25, -0.2) is 0 Å². The van der Waals surface area contributed by atoms with Crippen molar-refractivity contribution in [2.75, 3.05) is 13.1 Å². The Morgan fingerprint density at radius 1 is 1.31 bits per heavy atom. The third-order valence-corrected chi connectivity index (χ3v) is 4.67. The fourth-order valence-corrected chi connectivity index (χ4v) is 3.16. The van der Waals surface area contributed by atoms with Gasteiger partial charge < -0.3 is 14.5 Å². The number of carbonyl (C=O) groups excluding carboxylic acids is 1. The molecular weight excluding hydrogens is 349 g/mol. The van der Waals surface area contributed by atoms with Crippen molar-refractivity contribution in [3.8, 4) is 0 Å². The SMILES string of the molecule is Cc1cc(CC(=O)N2CCC(O)(c3cccc(C(F)(F)F)c3)CC2)on1. The van der Waals surface area contributed by atoms with Gasteiger partial charge in [-0.1, -0.05) is 17.3 Å². The number of alkyl halides is 3. The number of aromatic nitrogens is 1. The molecule has 1 fully saturated rings. The first kappa shape index (κ1) is 18.4. The van der Waals surface area contributed by atoms with E-state index in [4.69, 9.17) is 4.52 Å². The van der Waals surface area contributed by atoms with Gasteiger partial charge in [0.1, 0.15) is 5.76 Å². The summed E-state index contributed by atoms with van der Waals surface area (Å²) in [5, 5.41) is 14.5. The molecule has 1 amide bonds. The van der Waals surface area contributed by atoms with E-state index < -0.39 is 17.3 Å². The second kappa shape index (κ2) is 6.75. The van der Waals surface area contributed by atoms with Crippen molar-refractivity contribution in [2.24, 2.45) is 0 Å². The molecule has 3 rings (SSSR count). The molecule has 2 heterocycles. The van der Waals surface area contributed by atoms with Crippen molar-refractivity contribution in [1.82, 2.24) is 10.1 Å². The largest absolute Gasteiger partial charge is 0.416 e. The molecule has 1 N–H and O–H groups in total. The Labute approximate surface area is 148 Å². The summed E-state index contributed by atoms with van der Waals surface area (Å²) >= 11 is 0. The van der Waals surface area contributed by atoms with Crippen LogP contribution in [0.2, 0.25) is 0 Å². The molecule has 2 aromatic rings. The first-order valence-electron chi connectivity index (χ1n) is 8.27. The highest BCUT2D eigenvalue weighted by atomic mass is 19.4. The molecule has 1 aromatic heterocycles. The van der Waals surface area contributed by atoms with Gasteiger partial charge in [0.05, 0.1) is 23.3 Å². The lowest BCUT2D eigenvalue weighted by atomic mass is 9.83. The topological polar surface area (TPSA) is 66.6 Å². The zero-order chi connectivity index (χ0) is 18.9. The molecule has 26 heavy (non-hydrogen) atoms. The first-order chi connectivity index (χ1) is 12.2. The number of aryl methyl sites for hydroxylation is 1. The molecule has 0 bridgehead atoms. The van der Waals surface area contributed by atoms with Crippen molar-refractivity contribution < 1.29 is 27.6 Å². The van der Waals surface area contributed by atoms with Crippen LogP contribution in [0.5, 0.6) is 0 Å². The Morgan fingerprint density at radius 2 is 2.00 bits per heavy atom. The van der Waals surface area contributed by atoms with Gasteiger partial charge in [0.2, 0.25) is 5.91 Å². The van der Waals surface area contributed by atoms with Crippen LogP contribution in [0.1, 0.15) is 35.4 Å². The second-order valence-corrected chi connectivity index (χ2v) is 6.60. The highest BCUT2D eigenvalue weighted by Gasteiger charge is 2.38. The van der Waals surface area contributed by atoms with Gasteiger partial charge in [0.15, 0.2) is 0 Å². The Hall–Kier alpha value is -2.35. The smallest absolute Gasteiger partial charge is 0.385 e. The normalized spacial score (nSPS) is 17.3. The van der Waals surface area contributed by atoms with Crippen LogP contribution >= 0.6 is 0 Å². The van der Waals surface area contributed by atoms with Crippen molar-refractivity contribution in [1.29, 1.82) is 0 Å². The number of rotatable bonds is 3. The number of piperidine rings is 1. The lowest BCUT2D eigenvalue weighted by Crippen LogP contribution is -2.45. The second-order valence-electron chi connectivity index (χ2n) is 6.60. The minimum Gasteiger partial charge on any atom is -0.385 e. The number of carbonyl (C=O) groups is 1. The standard InChI is InChI=1S/C18H19F3N2O3/c1-12-9-15(26-22-12)11-16(24)23-7-5-17(25,6-8-23)13-3-2-4-14(10-13)18(19,20)21/h2-4,9-10,25H,5-8,11H2,1H3. The summed E-state index contributed by atoms with van der Waals surface area (Å²) in [5.74, 6) is 0.304. The number of hydrogen-bond acceptors (Lipinski definition) is 4. The molecule has 8 heteroatoms. The summed E-state index contributed by atoms with van der Waals surface area (Å²) in [5.41, 5.74) is -1.25. The molecule has 140 valence electrons. The lowest BCUT2D eigenvalue weighted by molar-refractivity contribution is -0.137. The number of amides is 1. The maximum Gasteiger partial charge on any atom is 0.416 e. The van der Waals surface area contributed by atoms with Crippen LogP contribution in [0.25, 0.3) is 0 Å². The Balaban J connectivity index is 1.66. The molecule has 1 aromatic carbocycles. The van der Waals surface area contributed by atoms with E-state index in [0.717, 1.165) is 12.1 Å². The summed E-state index contributed by atoms with van der Waals surface area (Å²) in [6.07, 6.45) is -4.04. The Kier molecular flexibility index (Phi) is 4.79. The van der Waals surface area contributed by atoms with E-state index in [1.807, 2.05) is 0 Å². The van der Waals surface area contributed by atoms with Crippen LogP contribution in [0.3, 0.4) is 0 Å². The third kappa shape index (κ3) is 3.90. The number of likely N-dealkylation sites (tertiary alicyclic amines) is 1. The predicted molar refractivity (Wildman–Crippen MR) is 86.1 cm³/mol. The van der Waals surface area contributed by atoms with Crippen LogP contribution in [0.4, 0.5) is 13.2 Å². The predicted octanol–water partition coefficient (Wildman–Crippen LogP) is 3.05. The van der Waals surface area contributed by atoms with Crippen molar-refractivity contribution in [3.63, 3.8) is 0 Å². The van der Waals surface area contributed by atoms with E-state index >= 15 is 0 Å². The summed E-state index contributed by atoms with van der Waals surface area (Å²) in [7, 11) is 0. The third-order valence-electron chi connectivity index (χ3n) is 4.67.